The van der Waals surface area contributed by atoms with Crippen LogP contribution in [-0.4, -0.2) is 28.6 Å². The Morgan fingerprint density at radius 3 is 2.65 bits per heavy atom. The van der Waals surface area contributed by atoms with Crippen LogP contribution in [0.5, 0.6) is 0 Å². The number of carboxylic acids is 1. The molecule has 0 spiro atoms. The summed E-state index contributed by atoms with van der Waals surface area (Å²) < 4.78 is 13.4. The Bertz CT molecular complexity index is 409. The summed E-state index contributed by atoms with van der Waals surface area (Å²) in [5, 5.41) is 8.80. The average Bonchev–Trinajstić information content (AvgIpc) is 2.21. The van der Waals surface area contributed by atoms with Crippen molar-refractivity contribution in [3.05, 3.63) is 34.1 Å². The van der Waals surface area contributed by atoms with Gasteiger partial charge in [0.1, 0.15) is 5.82 Å². The van der Waals surface area contributed by atoms with Gasteiger partial charge in [-0.05, 0) is 47.5 Å². The van der Waals surface area contributed by atoms with E-state index in [1.165, 1.54) is 6.07 Å². The van der Waals surface area contributed by atoms with Crippen LogP contribution in [0, 0.1) is 5.82 Å². The normalized spacial score (nSPS) is 11.2. The van der Waals surface area contributed by atoms with E-state index in [2.05, 4.69) is 15.9 Å². The van der Waals surface area contributed by atoms with Crippen molar-refractivity contribution in [1.82, 2.24) is 4.90 Å². The summed E-state index contributed by atoms with van der Waals surface area (Å²) in [4.78, 5) is 12.5. The lowest BCUT2D eigenvalue weighted by molar-refractivity contribution is -0.138. The van der Waals surface area contributed by atoms with Crippen LogP contribution in [0.2, 0.25) is 0 Å². The molecule has 1 N–H and O–H groups in total. The lowest BCUT2D eigenvalue weighted by Crippen LogP contribution is -2.35. The van der Waals surface area contributed by atoms with Crippen molar-refractivity contribution in [1.29, 1.82) is 0 Å². The van der Waals surface area contributed by atoms with Crippen molar-refractivity contribution >= 4 is 21.9 Å². The Kier molecular flexibility index (Phi) is 5.08. The molecule has 3 nitrogen and oxygen atoms in total. The van der Waals surface area contributed by atoms with Gasteiger partial charge in [0.2, 0.25) is 0 Å². The summed E-state index contributed by atoms with van der Waals surface area (Å²) in [6.07, 6.45) is 0. The van der Waals surface area contributed by atoms with E-state index in [9.17, 15) is 9.18 Å². The maximum atomic E-state index is 13.1. The number of hydrogen-bond donors (Lipinski definition) is 1. The highest BCUT2D eigenvalue weighted by Gasteiger charge is 2.14. The minimum atomic E-state index is -0.861. The second-order valence-electron chi connectivity index (χ2n) is 4.14. The zero-order valence-electron chi connectivity index (χ0n) is 9.78. The predicted octanol–water partition coefficient (Wildman–Crippen LogP) is 2.88. The molecule has 0 fully saturated rings. The van der Waals surface area contributed by atoms with Gasteiger partial charge >= 0.3 is 5.97 Å². The van der Waals surface area contributed by atoms with E-state index < -0.39 is 5.97 Å². The summed E-state index contributed by atoms with van der Waals surface area (Å²) in [5.74, 6) is -1.18. The quantitative estimate of drug-likeness (QED) is 0.909. The monoisotopic (exact) mass is 303 g/mol. The number of aliphatic carboxylic acids is 1. The second kappa shape index (κ2) is 6.12. The molecular weight excluding hydrogens is 289 g/mol. The van der Waals surface area contributed by atoms with E-state index in [0.29, 0.717) is 11.0 Å². The molecule has 94 valence electrons. The summed E-state index contributed by atoms with van der Waals surface area (Å²) in [6.45, 7) is 4.33. The molecule has 0 radical (unpaired) electrons. The molecule has 0 unspecified atom stereocenters. The smallest absolute Gasteiger partial charge is 0.317 e. The molecule has 1 rings (SSSR count). The number of hydrogen-bond acceptors (Lipinski definition) is 2. The molecular formula is C12H15BrFNO2. The maximum absolute atomic E-state index is 13.1. The lowest BCUT2D eigenvalue weighted by Gasteiger charge is -2.24. The number of carbonyl (C=O) groups is 1. The zero-order valence-corrected chi connectivity index (χ0v) is 11.4. The van der Waals surface area contributed by atoms with Gasteiger partial charge in [-0.2, -0.15) is 0 Å². The van der Waals surface area contributed by atoms with Gasteiger partial charge in [-0.3, -0.25) is 9.69 Å². The molecule has 0 saturated carbocycles. The van der Waals surface area contributed by atoms with Crippen LogP contribution >= 0.6 is 15.9 Å². The van der Waals surface area contributed by atoms with E-state index in [4.69, 9.17) is 5.11 Å². The number of halogens is 2. The van der Waals surface area contributed by atoms with E-state index >= 15 is 0 Å². The highest BCUT2D eigenvalue weighted by atomic mass is 79.9. The van der Waals surface area contributed by atoms with Crippen LogP contribution in [-0.2, 0) is 11.3 Å². The fraction of sp³-hybridized carbons (Fsp3) is 0.417. The minimum Gasteiger partial charge on any atom is -0.480 e. The first-order valence-corrected chi connectivity index (χ1v) is 6.09. The molecule has 0 aromatic heterocycles. The van der Waals surface area contributed by atoms with Crippen molar-refractivity contribution in [2.75, 3.05) is 6.54 Å². The Morgan fingerprint density at radius 1 is 1.53 bits per heavy atom. The average molecular weight is 304 g/mol. The van der Waals surface area contributed by atoms with Gasteiger partial charge in [0, 0.05) is 12.6 Å². The van der Waals surface area contributed by atoms with Gasteiger partial charge in [-0.25, -0.2) is 4.39 Å². The van der Waals surface area contributed by atoms with Crippen LogP contribution < -0.4 is 0 Å². The Labute approximate surface area is 108 Å². The third-order valence-corrected chi connectivity index (χ3v) is 3.05. The van der Waals surface area contributed by atoms with Crippen LogP contribution in [0.4, 0.5) is 4.39 Å². The number of benzene rings is 1. The van der Waals surface area contributed by atoms with Crippen molar-refractivity contribution in [2.45, 2.75) is 26.4 Å². The fourth-order valence-electron chi connectivity index (χ4n) is 1.47. The number of carboxylic acid groups (broad SMARTS) is 1. The van der Waals surface area contributed by atoms with Crippen LogP contribution in [0.3, 0.4) is 0 Å². The minimum absolute atomic E-state index is 0.0212. The molecule has 0 amide bonds. The Balaban J connectivity index is 2.78. The van der Waals surface area contributed by atoms with Crippen LogP contribution in [0.25, 0.3) is 0 Å². The molecule has 17 heavy (non-hydrogen) atoms. The highest BCUT2D eigenvalue weighted by Crippen LogP contribution is 2.18. The van der Waals surface area contributed by atoms with E-state index in [0.717, 1.165) is 5.56 Å². The second-order valence-corrected chi connectivity index (χ2v) is 5.00. The topological polar surface area (TPSA) is 40.5 Å². The van der Waals surface area contributed by atoms with Crippen molar-refractivity contribution in [3.8, 4) is 0 Å². The molecule has 1 aromatic carbocycles. The van der Waals surface area contributed by atoms with Crippen molar-refractivity contribution in [3.63, 3.8) is 0 Å². The van der Waals surface area contributed by atoms with Gasteiger partial charge in [-0.15, -0.1) is 0 Å². The molecule has 0 heterocycles. The van der Waals surface area contributed by atoms with Gasteiger partial charge in [0.05, 0.1) is 11.0 Å². The Hall–Kier alpha value is -0.940. The molecule has 0 aliphatic rings. The van der Waals surface area contributed by atoms with Gasteiger partial charge < -0.3 is 5.11 Å². The zero-order chi connectivity index (χ0) is 13.0. The fourth-order valence-corrected chi connectivity index (χ4v) is 1.89. The van der Waals surface area contributed by atoms with Crippen molar-refractivity contribution < 1.29 is 14.3 Å². The van der Waals surface area contributed by atoms with Crippen LogP contribution in [0.1, 0.15) is 19.4 Å². The van der Waals surface area contributed by atoms with E-state index in [1.807, 2.05) is 18.7 Å². The van der Waals surface area contributed by atoms with E-state index in [-0.39, 0.29) is 18.4 Å². The maximum Gasteiger partial charge on any atom is 0.317 e. The molecule has 0 saturated heterocycles. The van der Waals surface area contributed by atoms with Gasteiger partial charge in [0.15, 0.2) is 0 Å². The molecule has 1 aromatic rings. The summed E-state index contributed by atoms with van der Waals surface area (Å²) in [5.41, 5.74) is 0.883. The molecule has 0 aliphatic heterocycles. The van der Waals surface area contributed by atoms with Gasteiger partial charge in [0.25, 0.3) is 0 Å². The van der Waals surface area contributed by atoms with E-state index in [1.54, 1.807) is 12.1 Å². The van der Waals surface area contributed by atoms with Crippen molar-refractivity contribution in [2.24, 2.45) is 0 Å². The standard InChI is InChI=1S/C12H15BrFNO2/c1-8(2)15(7-12(16)17)6-9-3-4-11(14)10(13)5-9/h3-5,8H,6-7H2,1-2H3,(H,16,17). The third kappa shape index (κ3) is 4.44. The Morgan fingerprint density at radius 2 is 2.18 bits per heavy atom. The first-order chi connectivity index (χ1) is 7.90. The predicted molar refractivity (Wildman–Crippen MR) is 67.3 cm³/mol. The van der Waals surface area contributed by atoms with Crippen LogP contribution in [0.15, 0.2) is 22.7 Å². The number of rotatable bonds is 5. The lowest BCUT2D eigenvalue weighted by atomic mass is 10.2. The SMILES string of the molecule is CC(C)N(CC(=O)O)Cc1ccc(F)c(Br)c1. The molecule has 0 bridgehead atoms. The summed E-state index contributed by atoms with van der Waals surface area (Å²) >= 11 is 3.11. The molecule has 0 aliphatic carbocycles. The summed E-state index contributed by atoms with van der Waals surface area (Å²) in [7, 11) is 0. The summed E-state index contributed by atoms with van der Waals surface area (Å²) in [6, 6.07) is 4.83. The third-order valence-electron chi connectivity index (χ3n) is 2.44. The highest BCUT2D eigenvalue weighted by molar-refractivity contribution is 9.10. The first kappa shape index (κ1) is 14.1. The molecule has 5 heteroatoms. The van der Waals surface area contributed by atoms with Gasteiger partial charge in [-0.1, -0.05) is 6.07 Å². The largest absolute Gasteiger partial charge is 0.480 e. The molecule has 0 atom stereocenters. The number of nitrogens with zero attached hydrogens (tertiary/aromatic N) is 1. The first-order valence-electron chi connectivity index (χ1n) is 5.30.